The molecule has 2 aromatic rings. The van der Waals surface area contributed by atoms with Crippen LogP contribution in [-0.2, 0) is 11.2 Å². The van der Waals surface area contributed by atoms with Crippen LogP contribution in [0.3, 0.4) is 0 Å². The normalized spacial score (nSPS) is 15.5. The van der Waals surface area contributed by atoms with Crippen molar-refractivity contribution < 1.29 is 9.18 Å². The monoisotopic (exact) mass is 322 g/mol. The second kappa shape index (κ2) is 6.79. The highest BCUT2D eigenvalue weighted by atomic mass is 19.1. The Balaban J connectivity index is 1.72. The molecule has 0 radical (unpaired) electrons. The zero-order chi connectivity index (χ0) is 17.1. The maximum atomic E-state index is 12.9. The molecule has 24 heavy (non-hydrogen) atoms. The zero-order valence-electron chi connectivity index (χ0n) is 13.8. The van der Waals surface area contributed by atoms with Crippen molar-refractivity contribution in [1.82, 2.24) is 5.32 Å². The summed E-state index contributed by atoms with van der Waals surface area (Å²) >= 11 is 0. The fourth-order valence-electron chi connectivity index (χ4n) is 2.68. The maximum Gasteiger partial charge on any atom is 0.275 e. The van der Waals surface area contributed by atoms with Crippen molar-refractivity contribution in [3.05, 3.63) is 76.2 Å². The van der Waals surface area contributed by atoms with Crippen molar-refractivity contribution in [1.29, 1.82) is 0 Å². The summed E-state index contributed by atoms with van der Waals surface area (Å²) in [6.07, 6.45) is 3.13. The predicted octanol–water partition coefficient (Wildman–Crippen LogP) is 3.94. The van der Waals surface area contributed by atoms with Crippen LogP contribution in [0.4, 0.5) is 4.39 Å². The van der Waals surface area contributed by atoms with Gasteiger partial charge in [-0.2, -0.15) is 0 Å². The average molecular weight is 322 g/mol. The number of hydrogen-bond acceptors (Lipinski definition) is 2. The minimum Gasteiger partial charge on any atom is -0.309 e. The largest absolute Gasteiger partial charge is 0.309 e. The number of amides is 1. The third kappa shape index (κ3) is 3.77. The summed E-state index contributed by atoms with van der Waals surface area (Å²) in [4.78, 5) is 16.5. The molecule has 0 unspecified atom stereocenters. The van der Waals surface area contributed by atoms with Gasteiger partial charge in [0.1, 0.15) is 17.3 Å². The standard InChI is InChI=1S/C20H19FN2O/c1-13-3-7-16(14(2)11-13)12-18-20(24)23-19(22-18)10-6-15-4-8-17(21)9-5-15/h3-5,7-9,11-12H,6,10H2,1-2H3,(H,22,23,24)/b18-12-. The van der Waals surface area contributed by atoms with Gasteiger partial charge in [-0.05, 0) is 55.2 Å². The Morgan fingerprint density at radius 1 is 1.08 bits per heavy atom. The molecule has 1 aliphatic heterocycles. The number of benzene rings is 2. The lowest BCUT2D eigenvalue weighted by Gasteiger charge is -2.01. The Kier molecular flexibility index (Phi) is 4.56. The van der Waals surface area contributed by atoms with E-state index in [2.05, 4.69) is 16.4 Å². The van der Waals surface area contributed by atoms with E-state index in [0.717, 1.165) is 16.7 Å². The molecule has 0 aliphatic carbocycles. The van der Waals surface area contributed by atoms with E-state index in [0.29, 0.717) is 24.4 Å². The number of aryl methyl sites for hydroxylation is 3. The van der Waals surface area contributed by atoms with Gasteiger partial charge in [0.15, 0.2) is 0 Å². The molecule has 122 valence electrons. The number of rotatable bonds is 4. The molecule has 0 fully saturated rings. The second-order valence-electron chi connectivity index (χ2n) is 6.03. The number of hydrogen-bond donors (Lipinski definition) is 1. The Morgan fingerprint density at radius 3 is 2.54 bits per heavy atom. The van der Waals surface area contributed by atoms with Gasteiger partial charge in [-0.3, -0.25) is 4.79 Å². The molecule has 1 heterocycles. The number of aliphatic imine (C=N–C) groups is 1. The van der Waals surface area contributed by atoms with Gasteiger partial charge < -0.3 is 5.32 Å². The molecule has 0 atom stereocenters. The second-order valence-corrected chi connectivity index (χ2v) is 6.03. The van der Waals surface area contributed by atoms with Crippen LogP contribution in [0.2, 0.25) is 0 Å². The van der Waals surface area contributed by atoms with E-state index in [1.165, 1.54) is 17.7 Å². The Hall–Kier alpha value is -2.75. The Labute approximate surface area is 140 Å². The SMILES string of the molecule is Cc1ccc(/C=C2\N=C(CCc3ccc(F)cc3)NC2=O)c(C)c1. The molecule has 1 amide bonds. The molecule has 0 spiro atoms. The summed E-state index contributed by atoms with van der Waals surface area (Å²) in [7, 11) is 0. The van der Waals surface area contributed by atoms with E-state index in [4.69, 9.17) is 0 Å². The van der Waals surface area contributed by atoms with Gasteiger partial charge >= 0.3 is 0 Å². The van der Waals surface area contributed by atoms with Gasteiger partial charge in [-0.25, -0.2) is 9.38 Å². The molecule has 0 aromatic heterocycles. The fourth-order valence-corrected chi connectivity index (χ4v) is 2.68. The van der Waals surface area contributed by atoms with E-state index in [-0.39, 0.29) is 11.7 Å². The lowest BCUT2D eigenvalue weighted by molar-refractivity contribution is -0.115. The van der Waals surface area contributed by atoms with E-state index < -0.39 is 0 Å². The Morgan fingerprint density at radius 2 is 1.83 bits per heavy atom. The Bertz CT molecular complexity index is 835. The first-order valence-corrected chi connectivity index (χ1v) is 7.93. The van der Waals surface area contributed by atoms with Crippen molar-refractivity contribution in [3.63, 3.8) is 0 Å². The average Bonchev–Trinajstić information content (AvgIpc) is 2.89. The van der Waals surface area contributed by atoms with Crippen LogP contribution in [0.1, 0.15) is 28.7 Å². The van der Waals surface area contributed by atoms with E-state index >= 15 is 0 Å². The van der Waals surface area contributed by atoms with Crippen LogP contribution in [0.5, 0.6) is 0 Å². The summed E-state index contributed by atoms with van der Waals surface area (Å²) in [6, 6.07) is 12.5. The van der Waals surface area contributed by atoms with Crippen LogP contribution in [0.25, 0.3) is 6.08 Å². The van der Waals surface area contributed by atoms with E-state index in [9.17, 15) is 9.18 Å². The lowest BCUT2D eigenvalue weighted by Crippen LogP contribution is -2.24. The van der Waals surface area contributed by atoms with Crippen LogP contribution in [-0.4, -0.2) is 11.7 Å². The van der Waals surface area contributed by atoms with Gasteiger partial charge in [-0.1, -0.05) is 35.9 Å². The first-order chi connectivity index (χ1) is 11.5. The molecule has 3 nitrogen and oxygen atoms in total. The van der Waals surface area contributed by atoms with Crippen LogP contribution in [0, 0.1) is 19.7 Å². The molecule has 0 saturated heterocycles. The summed E-state index contributed by atoms with van der Waals surface area (Å²) in [5.74, 6) is 0.230. The highest BCUT2D eigenvalue weighted by Crippen LogP contribution is 2.18. The third-order valence-electron chi connectivity index (χ3n) is 4.03. The quantitative estimate of drug-likeness (QED) is 0.851. The van der Waals surface area contributed by atoms with Crippen molar-refractivity contribution in [2.24, 2.45) is 4.99 Å². The minimum absolute atomic E-state index is 0.177. The minimum atomic E-state index is -0.246. The van der Waals surface area contributed by atoms with E-state index in [1.807, 2.05) is 32.1 Å². The summed E-state index contributed by atoms with van der Waals surface area (Å²) in [5, 5.41) is 2.81. The number of carbonyl (C=O) groups is 1. The smallest absolute Gasteiger partial charge is 0.275 e. The molecule has 2 aromatic carbocycles. The number of carbonyl (C=O) groups excluding carboxylic acids is 1. The maximum absolute atomic E-state index is 12.9. The van der Waals surface area contributed by atoms with Crippen molar-refractivity contribution in [2.45, 2.75) is 26.7 Å². The molecular formula is C20H19FN2O. The summed E-state index contributed by atoms with van der Waals surface area (Å²) < 4.78 is 12.9. The molecular weight excluding hydrogens is 303 g/mol. The van der Waals surface area contributed by atoms with Gasteiger partial charge in [0, 0.05) is 6.42 Å². The number of nitrogens with zero attached hydrogens (tertiary/aromatic N) is 1. The highest BCUT2D eigenvalue weighted by molar-refractivity contribution is 6.14. The van der Waals surface area contributed by atoms with Crippen LogP contribution >= 0.6 is 0 Å². The summed E-state index contributed by atoms with van der Waals surface area (Å²) in [6.45, 7) is 4.06. The third-order valence-corrected chi connectivity index (χ3v) is 4.03. The zero-order valence-corrected chi connectivity index (χ0v) is 13.8. The van der Waals surface area contributed by atoms with Gasteiger partial charge in [0.2, 0.25) is 0 Å². The molecule has 4 heteroatoms. The van der Waals surface area contributed by atoms with Crippen molar-refractivity contribution in [2.75, 3.05) is 0 Å². The fraction of sp³-hybridized carbons (Fsp3) is 0.200. The highest BCUT2D eigenvalue weighted by Gasteiger charge is 2.19. The van der Waals surface area contributed by atoms with Gasteiger partial charge in [0.05, 0.1) is 0 Å². The van der Waals surface area contributed by atoms with E-state index in [1.54, 1.807) is 12.1 Å². The first-order valence-electron chi connectivity index (χ1n) is 7.93. The van der Waals surface area contributed by atoms with Crippen LogP contribution in [0.15, 0.2) is 53.2 Å². The molecule has 1 N–H and O–H groups in total. The number of halogens is 1. The molecule has 3 rings (SSSR count). The lowest BCUT2D eigenvalue weighted by atomic mass is 10.0. The van der Waals surface area contributed by atoms with Gasteiger partial charge in [0.25, 0.3) is 5.91 Å². The van der Waals surface area contributed by atoms with Gasteiger partial charge in [-0.15, -0.1) is 0 Å². The summed E-state index contributed by atoms with van der Waals surface area (Å²) in [5.41, 5.74) is 4.74. The predicted molar refractivity (Wildman–Crippen MR) is 94.2 cm³/mol. The first kappa shape index (κ1) is 16.1. The molecule has 0 saturated carbocycles. The van der Waals surface area contributed by atoms with Crippen molar-refractivity contribution in [3.8, 4) is 0 Å². The molecule has 0 bridgehead atoms. The number of amidine groups is 1. The topological polar surface area (TPSA) is 41.5 Å². The number of nitrogens with one attached hydrogen (secondary N) is 1. The van der Waals surface area contributed by atoms with Crippen molar-refractivity contribution >= 4 is 17.8 Å². The van der Waals surface area contributed by atoms with Crippen LogP contribution < -0.4 is 5.32 Å². The molecule has 1 aliphatic rings.